The lowest BCUT2D eigenvalue weighted by molar-refractivity contribution is 0.0748. The second-order valence-corrected chi connectivity index (χ2v) is 5.57. The molecule has 3 N–H and O–H groups in total. The van der Waals surface area contributed by atoms with Gasteiger partial charge in [0.1, 0.15) is 6.26 Å². The predicted octanol–water partition coefficient (Wildman–Crippen LogP) is 1.31. The van der Waals surface area contributed by atoms with E-state index in [1.165, 1.54) is 25.5 Å². The summed E-state index contributed by atoms with van der Waals surface area (Å²) in [5.74, 6) is 0.938. The van der Waals surface area contributed by atoms with Crippen molar-refractivity contribution in [2.45, 2.75) is 44.2 Å². The van der Waals surface area contributed by atoms with Crippen LogP contribution < -0.4 is 11.1 Å². The van der Waals surface area contributed by atoms with Gasteiger partial charge in [0.05, 0.1) is 0 Å². The molecule has 0 radical (unpaired) electrons. The van der Waals surface area contributed by atoms with E-state index in [1.54, 1.807) is 6.07 Å². The number of carbonyl (C=O) groups is 1. The molecule has 2 fully saturated rings. The van der Waals surface area contributed by atoms with E-state index in [9.17, 15) is 4.79 Å². The van der Waals surface area contributed by atoms with Crippen molar-refractivity contribution in [2.75, 3.05) is 0 Å². The molecule has 0 saturated heterocycles. The second-order valence-electron chi connectivity index (χ2n) is 5.57. The summed E-state index contributed by atoms with van der Waals surface area (Å²) >= 11 is 0. The molecule has 1 amide bonds. The number of hydrogen-bond donors (Lipinski definition) is 2. The third-order valence-electron chi connectivity index (χ3n) is 4.34. The molecule has 98 valence electrons. The van der Waals surface area contributed by atoms with Gasteiger partial charge in [0.25, 0.3) is 5.91 Å². The van der Waals surface area contributed by atoms with Crippen LogP contribution in [-0.2, 0) is 0 Å². The molecule has 0 aliphatic heterocycles. The standard InChI is InChI=1S/C13H19N3O2/c14-10-6-8-2-1-3-9(7-10)12(8)15-13(17)11-4-5-18-16-11/h4-5,8-10,12H,1-3,6-7,14H2,(H,15,17). The van der Waals surface area contributed by atoms with Gasteiger partial charge in [-0.1, -0.05) is 11.6 Å². The third-order valence-corrected chi connectivity index (χ3v) is 4.34. The zero-order valence-corrected chi connectivity index (χ0v) is 10.3. The highest BCUT2D eigenvalue weighted by Gasteiger charge is 2.40. The summed E-state index contributed by atoms with van der Waals surface area (Å²) in [6.45, 7) is 0. The van der Waals surface area contributed by atoms with Crippen LogP contribution in [0.2, 0.25) is 0 Å². The monoisotopic (exact) mass is 249 g/mol. The number of hydrogen-bond acceptors (Lipinski definition) is 4. The maximum absolute atomic E-state index is 12.0. The largest absolute Gasteiger partial charge is 0.364 e. The molecule has 1 heterocycles. The molecule has 2 unspecified atom stereocenters. The lowest BCUT2D eigenvalue weighted by Crippen LogP contribution is -2.53. The highest BCUT2D eigenvalue weighted by atomic mass is 16.5. The van der Waals surface area contributed by atoms with E-state index in [2.05, 4.69) is 10.5 Å². The maximum Gasteiger partial charge on any atom is 0.273 e. The van der Waals surface area contributed by atoms with Crippen molar-refractivity contribution in [3.05, 3.63) is 18.0 Å². The van der Waals surface area contributed by atoms with Crippen LogP contribution in [0.4, 0.5) is 0 Å². The van der Waals surface area contributed by atoms with Crippen LogP contribution in [0.1, 0.15) is 42.6 Å². The van der Waals surface area contributed by atoms with E-state index in [1.807, 2.05) is 0 Å². The van der Waals surface area contributed by atoms with Crippen molar-refractivity contribution in [3.63, 3.8) is 0 Å². The Labute approximate surface area is 106 Å². The van der Waals surface area contributed by atoms with Crippen LogP contribution in [0.15, 0.2) is 16.9 Å². The molecule has 5 heteroatoms. The zero-order valence-electron chi connectivity index (χ0n) is 10.3. The second kappa shape index (κ2) is 4.72. The minimum Gasteiger partial charge on any atom is -0.364 e. The molecule has 2 saturated carbocycles. The third kappa shape index (κ3) is 2.14. The number of fused-ring (bicyclic) bond motifs is 2. The normalized spacial score (nSPS) is 35.2. The molecular weight excluding hydrogens is 230 g/mol. The van der Waals surface area contributed by atoms with Gasteiger partial charge in [-0.15, -0.1) is 0 Å². The quantitative estimate of drug-likeness (QED) is 0.828. The van der Waals surface area contributed by atoms with Crippen LogP contribution in [0.5, 0.6) is 0 Å². The molecule has 18 heavy (non-hydrogen) atoms. The van der Waals surface area contributed by atoms with E-state index in [-0.39, 0.29) is 11.9 Å². The Morgan fingerprint density at radius 2 is 2.11 bits per heavy atom. The van der Waals surface area contributed by atoms with E-state index < -0.39 is 0 Å². The summed E-state index contributed by atoms with van der Waals surface area (Å²) in [6, 6.07) is 2.17. The van der Waals surface area contributed by atoms with E-state index in [0.717, 1.165) is 12.8 Å². The first-order valence-electron chi connectivity index (χ1n) is 6.71. The van der Waals surface area contributed by atoms with Crippen molar-refractivity contribution in [1.29, 1.82) is 0 Å². The molecule has 2 atom stereocenters. The Kier molecular flexibility index (Phi) is 3.07. The zero-order chi connectivity index (χ0) is 12.5. The van der Waals surface area contributed by atoms with E-state index in [4.69, 9.17) is 10.3 Å². The number of nitrogens with zero attached hydrogens (tertiary/aromatic N) is 1. The molecule has 0 spiro atoms. The molecule has 2 aliphatic rings. The van der Waals surface area contributed by atoms with Crippen LogP contribution in [-0.4, -0.2) is 23.1 Å². The Hall–Kier alpha value is -1.36. The number of carbonyl (C=O) groups excluding carboxylic acids is 1. The summed E-state index contributed by atoms with van der Waals surface area (Å²) in [6.07, 6.45) is 7.09. The number of nitrogens with two attached hydrogens (primary N) is 1. The molecular formula is C13H19N3O2. The van der Waals surface area contributed by atoms with Gasteiger partial charge in [-0.25, -0.2) is 0 Å². The van der Waals surface area contributed by atoms with Crippen LogP contribution in [0.3, 0.4) is 0 Å². The van der Waals surface area contributed by atoms with Gasteiger partial charge >= 0.3 is 0 Å². The van der Waals surface area contributed by atoms with Gasteiger partial charge in [0, 0.05) is 18.2 Å². The van der Waals surface area contributed by atoms with Gasteiger partial charge in [-0.3, -0.25) is 4.79 Å². The summed E-state index contributed by atoms with van der Waals surface area (Å²) in [7, 11) is 0. The number of amides is 1. The molecule has 1 aromatic rings. The van der Waals surface area contributed by atoms with Crippen molar-refractivity contribution in [1.82, 2.24) is 10.5 Å². The Balaban J connectivity index is 1.70. The molecule has 5 nitrogen and oxygen atoms in total. The number of aromatic nitrogens is 1. The lowest BCUT2D eigenvalue weighted by Gasteiger charge is -2.45. The topological polar surface area (TPSA) is 81.1 Å². The SMILES string of the molecule is NC1CC2CCCC(C1)C2NC(=O)c1ccon1. The fraction of sp³-hybridized carbons (Fsp3) is 0.692. The summed E-state index contributed by atoms with van der Waals surface area (Å²) in [5.41, 5.74) is 6.44. The minimum absolute atomic E-state index is 0.124. The minimum atomic E-state index is -0.124. The summed E-state index contributed by atoms with van der Waals surface area (Å²) in [4.78, 5) is 12.0. The lowest BCUT2D eigenvalue weighted by atomic mass is 9.67. The van der Waals surface area contributed by atoms with Gasteiger partial charge < -0.3 is 15.6 Å². The first-order valence-corrected chi connectivity index (χ1v) is 6.71. The summed E-state index contributed by atoms with van der Waals surface area (Å²) in [5, 5.41) is 6.81. The predicted molar refractivity (Wildman–Crippen MR) is 65.8 cm³/mol. The van der Waals surface area contributed by atoms with Gasteiger partial charge in [-0.05, 0) is 37.5 Å². The van der Waals surface area contributed by atoms with Crippen LogP contribution >= 0.6 is 0 Å². The molecule has 2 bridgehead atoms. The number of nitrogens with one attached hydrogen (secondary N) is 1. The van der Waals surface area contributed by atoms with Crippen LogP contribution in [0, 0.1) is 11.8 Å². The van der Waals surface area contributed by atoms with E-state index in [0.29, 0.717) is 23.6 Å². The Morgan fingerprint density at radius 1 is 1.39 bits per heavy atom. The average molecular weight is 249 g/mol. The molecule has 2 aliphatic carbocycles. The fourth-order valence-corrected chi connectivity index (χ4v) is 3.58. The molecule has 3 rings (SSSR count). The molecule has 0 aromatic carbocycles. The van der Waals surface area contributed by atoms with E-state index >= 15 is 0 Å². The Bertz CT molecular complexity index is 404. The van der Waals surface area contributed by atoms with Gasteiger partial charge in [0.2, 0.25) is 0 Å². The smallest absolute Gasteiger partial charge is 0.273 e. The van der Waals surface area contributed by atoms with Crippen LogP contribution in [0.25, 0.3) is 0 Å². The van der Waals surface area contributed by atoms with Crippen molar-refractivity contribution in [2.24, 2.45) is 17.6 Å². The number of rotatable bonds is 2. The highest BCUT2D eigenvalue weighted by Crippen LogP contribution is 2.39. The van der Waals surface area contributed by atoms with Crippen molar-refractivity contribution < 1.29 is 9.32 Å². The fourth-order valence-electron chi connectivity index (χ4n) is 3.58. The van der Waals surface area contributed by atoms with Crippen molar-refractivity contribution in [3.8, 4) is 0 Å². The maximum atomic E-state index is 12.0. The Morgan fingerprint density at radius 3 is 2.72 bits per heavy atom. The van der Waals surface area contributed by atoms with Gasteiger partial charge in [-0.2, -0.15) is 0 Å². The first kappa shape index (κ1) is 11.7. The average Bonchev–Trinajstić information content (AvgIpc) is 2.83. The van der Waals surface area contributed by atoms with Crippen molar-refractivity contribution >= 4 is 5.91 Å². The molecule has 1 aromatic heterocycles. The van der Waals surface area contributed by atoms with Gasteiger partial charge in [0.15, 0.2) is 5.69 Å². The highest BCUT2D eigenvalue weighted by molar-refractivity contribution is 5.92. The first-order chi connectivity index (χ1) is 8.74. The summed E-state index contributed by atoms with van der Waals surface area (Å²) < 4.78 is 4.71.